The number of para-hydroxylation sites is 1. The fraction of sp³-hybridized carbons (Fsp3) is 0.696. The zero-order valence-electron chi connectivity index (χ0n) is 18.7. The van der Waals surface area contributed by atoms with E-state index in [1.165, 1.54) is 0 Å². The van der Waals surface area contributed by atoms with Crippen molar-refractivity contribution in [2.45, 2.75) is 39.2 Å². The summed E-state index contributed by atoms with van der Waals surface area (Å²) in [7, 11) is 0. The topological polar surface area (TPSA) is 43.3 Å². The van der Waals surface area contributed by atoms with Crippen LogP contribution in [0.25, 0.3) is 0 Å². The second-order valence-electron chi connectivity index (χ2n) is 8.01. The van der Waals surface area contributed by atoms with Gasteiger partial charge in [0.15, 0.2) is 5.96 Å². The Balaban J connectivity index is 1.39. The van der Waals surface area contributed by atoms with Gasteiger partial charge < -0.3 is 19.9 Å². The van der Waals surface area contributed by atoms with Gasteiger partial charge in [-0.15, -0.1) is 0 Å². The molecule has 0 aliphatic carbocycles. The molecule has 1 aromatic carbocycles. The molecule has 0 atom stereocenters. The van der Waals surface area contributed by atoms with Crippen molar-refractivity contribution in [1.29, 1.82) is 0 Å². The lowest BCUT2D eigenvalue weighted by molar-refractivity contribution is 0.0264. The van der Waals surface area contributed by atoms with E-state index in [4.69, 9.17) is 9.73 Å². The molecule has 30 heavy (non-hydrogen) atoms. The number of piperazine rings is 1. The predicted molar refractivity (Wildman–Crippen MR) is 122 cm³/mol. The molecular formula is C23H38FN5O. The van der Waals surface area contributed by atoms with E-state index in [0.717, 1.165) is 96.4 Å². The predicted octanol–water partition coefficient (Wildman–Crippen LogP) is 2.80. The lowest BCUT2D eigenvalue weighted by Crippen LogP contribution is -2.47. The van der Waals surface area contributed by atoms with E-state index < -0.39 is 0 Å². The number of ether oxygens (including phenoxy) is 1. The van der Waals surface area contributed by atoms with Gasteiger partial charge in [0, 0.05) is 65.5 Å². The number of aliphatic imine (C=N–C) groups is 1. The Kier molecular flexibility index (Phi) is 9.21. The maximum atomic E-state index is 14.0. The van der Waals surface area contributed by atoms with E-state index in [2.05, 4.69) is 33.9 Å². The van der Waals surface area contributed by atoms with Crippen molar-refractivity contribution < 1.29 is 9.13 Å². The highest BCUT2D eigenvalue weighted by Gasteiger charge is 2.22. The van der Waals surface area contributed by atoms with Crippen LogP contribution in [-0.4, -0.2) is 87.4 Å². The van der Waals surface area contributed by atoms with Crippen molar-refractivity contribution in [2.24, 2.45) is 4.99 Å². The molecule has 0 saturated carbocycles. The molecule has 168 valence electrons. The molecule has 0 bridgehead atoms. The average Bonchev–Trinajstić information content (AvgIpc) is 2.78. The molecular weight excluding hydrogens is 381 g/mol. The van der Waals surface area contributed by atoms with Crippen LogP contribution < -0.4 is 10.2 Å². The number of halogens is 1. The number of hydrogen-bond acceptors (Lipinski definition) is 4. The summed E-state index contributed by atoms with van der Waals surface area (Å²) in [5.74, 6) is 0.915. The summed E-state index contributed by atoms with van der Waals surface area (Å²) in [6.45, 7) is 13.5. The van der Waals surface area contributed by atoms with Gasteiger partial charge in [0.25, 0.3) is 0 Å². The molecule has 3 rings (SSSR count). The maximum Gasteiger partial charge on any atom is 0.193 e. The molecule has 1 N–H and O–H groups in total. The third-order valence-corrected chi connectivity index (χ3v) is 5.94. The summed E-state index contributed by atoms with van der Waals surface area (Å²) in [6, 6.07) is 7.07. The highest BCUT2D eigenvalue weighted by Crippen LogP contribution is 2.20. The standard InChI is InChI=1S/C23H38FN5O/c1-3-25-23(29-14-10-20(11-15-29)30-4-2)26-12-7-13-27-16-18-28(19-17-27)22-9-6-5-8-21(22)24/h5-6,8-9,20H,3-4,7,10-19H2,1-2H3,(H,25,26). The zero-order valence-corrected chi connectivity index (χ0v) is 18.7. The van der Waals surface area contributed by atoms with E-state index in [9.17, 15) is 4.39 Å². The monoisotopic (exact) mass is 419 g/mol. The maximum absolute atomic E-state index is 14.0. The molecule has 2 aliphatic heterocycles. The largest absolute Gasteiger partial charge is 0.378 e. The summed E-state index contributed by atoms with van der Waals surface area (Å²) < 4.78 is 19.7. The quantitative estimate of drug-likeness (QED) is 0.399. The summed E-state index contributed by atoms with van der Waals surface area (Å²) in [6.07, 6.45) is 3.59. The van der Waals surface area contributed by atoms with Crippen molar-refractivity contribution in [3.05, 3.63) is 30.1 Å². The first-order valence-electron chi connectivity index (χ1n) is 11.6. The van der Waals surface area contributed by atoms with Crippen molar-refractivity contribution in [2.75, 3.05) is 70.4 Å². The van der Waals surface area contributed by atoms with E-state index in [1.807, 2.05) is 12.1 Å². The van der Waals surface area contributed by atoms with E-state index >= 15 is 0 Å². The molecule has 2 aliphatic rings. The smallest absolute Gasteiger partial charge is 0.193 e. The highest BCUT2D eigenvalue weighted by molar-refractivity contribution is 5.80. The van der Waals surface area contributed by atoms with Gasteiger partial charge in [-0.1, -0.05) is 12.1 Å². The fourth-order valence-corrected chi connectivity index (χ4v) is 4.30. The normalized spacial score (nSPS) is 19.4. The molecule has 0 radical (unpaired) electrons. The van der Waals surface area contributed by atoms with Crippen LogP contribution in [0.15, 0.2) is 29.3 Å². The lowest BCUT2D eigenvalue weighted by Gasteiger charge is -2.36. The van der Waals surface area contributed by atoms with Gasteiger partial charge in [0.1, 0.15) is 5.82 Å². The molecule has 2 saturated heterocycles. The number of piperidine rings is 1. The number of benzene rings is 1. The molecule has 0 amide bonds. The molecule has 6 nitrogen and oxygen atoms in total. The Morgan fingerprint density at radius 1 is 1.10 bits per heavy atom. The summed E-state index contributed by atoms with van der Waals surface area (Å²) in [5, 5.41) is 3.45. The Labute approximate surface area is 181 Å². The van der Waals surface area contributed by atoms with Gasteiger partial charge in [-0.25, -0.2) is 4.39 Å². The van der Waals surface area contributed by atoms with Crippen molar-refractivity contribution >= 4 is 11.6 Å². The Morgan fingerprint density at radius 2 is 1.83 bits per heavy atom. The fourth-order valence-electron chi connectivity index (χ4n) is 4.30. The number of anilines is 1. The van der Waals surface area contributed by atoms with Crippen LogP contribution in [0.5, 0.6) is 0 Å². The van der Waals surface area contributed by atoms with E-state index in [-0.39, 0.29) is 5.82 Å². The Morgan fingerprint density at radius 3 is 2.50 bits per heavy atom. The molecule has 2 heterocycles. The minimum atomic E-state index is -0.124. The molecule has 0 spiro atoms. The van der Waals surface area contributed by atoms with Crippen LogP contribution in [0.3, 0.4) is 0 Å². The molecule has 0 aromatic heterocycles. The van der Waals surface area contributed by atoms with Crippen LogP contribution in [0.1, 0.15) is 33.1 Å². The Bertz CT molecular complexity index is 655. The van der Waals surface area contributed by atoms with Crippen molar-refractivity contribution in [1.82, 2.24) is 15.1 Å². The number of guanidine groups is 1. The number of nitrogens with one attached hydrogen (secondary N) is 1. The third kappa shape index (κ3) is 6.57. The number of hydrogen-bond donors (Lipinski definition) is 1. The first kappa shape index (κ1) is 22.8. The molecule has 2 fully saturated rings. The second kappa shape index (κ2) is 12.1. The SMILES string of the molecule is CCNC(=NCCCN1CCN(c2ccccc2F)CC1)N1CCC(OCC)CC1. The van der Waals surface area contributed by atoms with E-state index in [1.54, 1.807) is 12.1 Å². The van der Waals surface area contributed by atoms with Crippen LogP contribution in [0, 0.1) is 5.82 Å². The third-order valence-electron chi connectivity index (χ3n) is 5.94. The van der Waals surface area contributed by atoms with Gasteiger partial charge in [-0.2, -0.15) is 0 Å². The van der Waals surface area contributed by atoms with Crippen molar-refractivity contribution in [3.63, 3.8) is 0 Å². The van der Waals surface area contributed by atoms with Crippen LogP contribution in [-0.2, 0) is 4.74 Å². The zero-order chi connectivity index (χ0) is 21.2. The highest BCUT2D eigenvalue weighted by atomic mass is 19.1. The van der Waals surface area contributed by atoms with Gasteiger partial charge in [-0.05, 0) is 45.2 Å². The average molecular weight is 420 g/mol. The molecule has 1 aromatic rings. The van der Waals surface area contributed by atoms with Crippen LogP contribution in [0.4, 0.5) is 10.1 Å². The van der Waals surface area contributed by atoms with Crippen LogP contribution >= 0.6 is 0 Å². The number of likely N-dealkylation sites (tertiary alicyclic amines) is 1. The van der Waals surface area contributed by atoms with Gasteiger partial charge in [0.05, 0.1) is 11.8 Å². The van der Waals surface area contributed by atoms with Gasteiger partial charge in [-0.3, -0.25) is 9.89 Å². The first-order valence-corrected chi connectivity index (χ1v) is 11.6. The first-order chi connectivity index (χ1) is 14.7. The van der Waals surface area contributed by atoms with Crippen LogP contribution in [0.2, 0.25) is 0 Å². The number of rotatable bonds is 8. The summed E-state index contributed by atoms with van der Waals surface area (Å²) >= 11 is 0. The number of nitrogens with zero attached hydrogens (tertiary/aromatic N) is 4. The lowest BCUT2D eigenvalue weighted by atomic mass is 10.1. The minimum absolute atomic E-state index is 0.124. The van der Waals surface area contributed by atoms with E-state index in [0.29, 0.717) is 6.10 Å². The molecule has 7 heteroatoms. The van der Waals surface area contributed by atoms with Gasteiger partial charge in [0.2, 0.25) is 0 Å². The van der Waals surface area contributed by atoms with Crippen molar-refractivity contribution in [3.8, 4) is 0 Å². The minimum Gasteiger partial charge on any atom is -0.378 e. The molecule has 0 unspecified atom stereocenters. The second-order valence-corrected chi connectivity index (χ2v) is 8.01. The summed E-state index contributed by atoms with van der Waals surface area (Å²) in [4.78, 5) is 11.9. The summed E-state index contributed by atoms with van der Waals surface area (Å²) in [5.41, 5.74) is 0.727. The van der Waals surface area contributed by atoms with Gasteiger partial charge >= 0.3 is 0 Å². The Hall–Kier alpha value is -1.86.